The molecule has 0 atom stereocenters. The van der Waals surface area contributed by atoms with Crippen LogP contribution in [0.5, 0.6) is 5.75 Å². The molecule has 0 unspecified atom stereocenters. The number of hydrogen-bond donors (Lipinski definition) is 0. The van der Waals surface area contributed by atoms with E-state index in [9.17, 15) is 4.79 Å². The highest BCUT2D eigenvalue weighted by atomic mass is 32.2. The van der Waals surface area contributed by atoms with Crippen LogP contribution >= 0.6 is 11.8 Å². The third-order valence-corrected chi connectivity index (χ3v) is 5.04. The summed E-state index contributed by atoms with van der Waals surface area (Å²) in [5.41, 5.74) is 2.20. The molecule has 1 aliphatic rings. The van der Waals surface area contributed by atoms with Crippen LogP contribution in [0.15, 0.2) is 35.7 Å². The van der Waals surface area contributed by atoms with E-state index < -0.39 is 0 Å². The van der Waals surface area contributed by atoms with Gasteiger partial charge in [-0.05, 0) is 43.5 Å². The number of carbonyl (C=O) groups is 1. The van der Waals surface area contributed by atoms with E-state index in [2.05, 4.69) is 11.9 Å². The van der Waals surface area contributed by atoms with E-state index in [1.54, 1.807) is 13.3 Å². The third-order valence-electron chi connectivity index (χ3n) is 4.05. The quantitative estimate of drug-likeness (QED) is 0.790. The molecule has 0 aliphatic carbocycles. The van der Waals surface area contributed by atoms with Gasteiger partial charge in [0.25, 0.3) is 0 Å². The van der Waals surface area contributed by atoms with Gasteiger partial charge in [0.2, 0.25) is 5.91 Å². The molecule has 0 bridgehead atoms. The molecule has 0 saturated heterocycles. The van der Waals surface area contributed by atoms with Crippen molar-refractivity contribution in [2.45, 2.75) is 31.5 Å². The van der Waals surface area contributed by atoms with Gasteiger partial charge in [0.1, 0.15) is 5.75 Å². The van der Waals surface area contributed by atoms with Gasteiger partial charge < -0.3 is 14.2 Å². The minimum Gasteiger partial charge on any atom is -0.497 e. The molecule has 0 N–H and O–H groups in total. The molecule has 0 spiro atoms. The predicted octanol–water partition coefficient (Wildman–Crippen LogP) is 2.98. The number of benzene rings is 1. The van der Waals surface area contributed by atoms with Crippen LogP contribution in [0.25, 0.3) is 0 Å². The molecule has 1 amide bonds. The SMILES string of the molecule is CCn1ccnc1SCC(=O)N1CCCc2cc(OC)ccc21. The van der Waals surface area contributed by atoms with Crippen molar-refractivity contribution < 1.29 is 9.53 Å². The molecule has 122 valence electrons. The van der Waals surface area contributed by atoms with E-state index >= 15 is 0 Å². The number of ether oxygens (including phenoxy) is 1. The van der Waals surface area contributed by atoms with Gasteiger partial charge in [-0.2, -0.15) is 0 Å². The van der Waals surface area contributed by atoms with Crippen LogP contribution in [0.1, 0.15) is 18.9 Å². The highest BCUT2D eigenvalue weighted by Crippen LogP contribution is 2.31. The molecule has 1 aromatic heterocycles. The van der Waals surface area contributed by atoms with Crippen LogP contribution in [-0.2, 0) is 17.8 Å². The fraction of sp³-hybridized carbons (Fsp3) is 0.412. The van der Waals surface area contributed by atoms with Crippen LogP contribution in [0, 0.1) is 0 Å². The number of rotatable bonds is 5. The Morgan fingerprint density at radius 1 is 1.43 bits per heavy atom. The molecule has 5 nitrogen and oxygen atoms in total. The van der Waals surface area contributed by atoms with Crippen LogP contribution in [0.4, 0.5) is 5.69 Å². The number of fused-ring (bicyclic) bond motifs is 1. The Bertz CT molecular complexity index is 699. The summed E-state index contributed by atoms with van der Waals surface area (Å²) in [6, 6.07) is 5.94. The standard InChI is InChI=1S/C17H21N3O2S/c1-3-19-10-8-18-17(19)23-12-16(21)20-9-4-5-13-11-14(22-2)6-7-15(13)20/h6-8,10-11H,3-5,9,12H2,1-2H3. The lowest BCUT2D eigenvalue weighted by atomic mass is 10.0. The molecule has 1 aliphatic heterocycles. The summed E-state index contributed by atoms with van der Waals surface area (Å²) in [6.45, 7) is 3.71. The molecule has 23 heavy (non-hydrogen) atoms. The van der Waals surface area contributed by atoms with Crippen molar-refractivity contribution in [2.75, 3.05) is 24.3 Å². The van der Waals surface area contributed by atoms with Crippen LogP contribution in [-0.4, -0.2) is 34.9 Å². The van der Waals surface area contributed by atoms with Crippen molar-refractivity contribution in [3.63, 3.8) is 0 Å². The summed E-state index contributed by atoms with van der Waals surface area (Å²) >= 11 is 1.50. The Balaban J connectivity index is 1.71. The smallest absolute Gasteiger partial charge is 0.237 e. The van der Waals surface area contributed by atoms with E-state index in [0.717, 1.165) is 42.5 Å². The first-order valence-electron chi connectivity index (χ1n) is 7.84. The second-order valence-corrected chi connectivity index (χ2v) is 6.37. The normalized spacial score (nSPS) is 13.7. The fourth-order valence-corrected chi connectivity index (χ4v) is 3.74. The van der Waals surface area contributed by atoms with Crippen molar-refractivity contribution in [3.8, 4) is 5.75 Å². The number of imidazole rings is 1. The summed E-state index contributed by atoms with van der Waals surface area (Å²) in [5, 5.41) is 0.896. The maximum atomic E-state index is 12.6. The van der Waals surface area contributed by atoms with Crippen molar-refractivity contribution in [1.82, 2.24) is 9.55 Å². The molecule has 6 heteroatoms. The average molecular weight is 331 g/mol. The minimum absolute atomic E-state index is 0.131. The monoisotopic (exact) mass is 331 g/mol. The molecular formula is C17H21N3O2S. The Morgan fingerprint density at radius 3 is 3.09 bits per heavy atom. The summed E-state index contributed by atoms with van der Waals surface area (Å²) in [7, 11) is 1.67. The molecule has 2 heterocycles. The first-order chi connectivity index (χ1) is 11.2. The van der Waals surface area contributed by atoms with E-state index in [-0.39, 0.29) is 5.91 Å². The second-order valence-electron chi connectivity index (χ2n) is 5.43. The number of aromatic nitrogens is 2. The van der Waals surface area contributed by atoms with Crippen LogP contribution in [0.2, 0.25) is 0 Å². The molecule has 0 fully saturated rings. The van der Waals surface area contributed by atoms with Crippen molar-refractivity contribution in [3.05, 3.63) is 36.2 Å². The molecule has 2 aromatic rings. The molecule has 3 rings (SSSR count). The number of anilines is 1. The lowest BCUT2D eigenvalue weighted by Crippen LogP contribution is -2.36. The number of amides is 1. The van der Waals surface area contributed by atoms with E-state index in [4.69, 9.17) is 4.74 Å². The van der Waals surface area contributed by atoms with Crippen LogP contribution < -0.4 is 9.64 Å². The Hall–Kier alpha value is -1.95. The zero-order chi connectivity index (χ0) is 16.2. The topological polar surface area (TPSA) is 47.4 Å². The zero-order valence-electron chi connectivity index (χ0n) is 13.5. The largest absolute Gasteiger partial charge is 0.497 e. The van der Waals surface area contributed by atoms with Crippen molar-refractivity contribution in [2.24, 2.45) is 0 Å². The van der Waals surface area contributed by atoms with Crippen molar-refractivity contribution in [1.29, 1.82) is 0 Å². The van der Waals surface area contributed by atoms with E-state index in [1.165, 1.54) is 17.3 Å². The molecular weight excluding hydrogens is 310 g/mol. The fourth-order valence-electron chi connectivity index (χ4n) is 2.84. The second kappa shape index (κ2) is 7.08. The van der Waals surface area contributed by atoms with E-state index in [0.29, 0.717) is 5.75 Å². The van der Waals surface area contributed by atoms with Crippen LogP contribution in [0.3, 0.4) is 0 Å². The number of hydrogen-bond acceptors (Lipinski definition) is 4. The Morgan fingerprint density at radius 2 is 2.30 bits per heavy atom. The maximum absolute atomic E-state index is 12.6. The molecule has 0 radical (unpaired) electrons. The lowest BCUT2D eigenvalue weighted by Gasteiger charge is -2.29. The number of nitrogens with zero attached hydrogens (tertiary/aromatic N) is 3. The predicted molar refractivity (Wildman–Crippen MR) is 92.3 cm³/mol. The minimum atomic E-state index is 0.131. The van der Waals surface area contributed by atoms with Gasteiger partial charge in [-0.3, -0.25) is 4.79 Å². The van der Waals surface area contributed by atoms with Gasteiger partial charge in [-0.25, -0.2) is 4.98 Å². The first kappa shape index (κ1) is 15.9. The molecule has 0 saturated carbocycles. The summed E-state index contributed by atoms with van der Waals surface area (Å²) in [5.74, 6) is 1.38. The van der Waals surface area contributed by atoms with Gasteiger partial charge in [0.15, 0.2) is 5.16 Å². The van der Waals surface area contributed by atoms with E-state index in [1.807, 2.05) is 33.9 Å². The van der Waals surface area contributed by atoms with Gasteiger partial charge in [-0.15, -0.1) is 0 Å². The Kier molecular flexibility index (Phi) is 4.91. The van der Waals surface area contributed by atoms with Gasteiger partial charge >= 0.3 is 0 Å². The summed E-state index contributed by atoms with van der Waals surface area (Å²) in [6.07, 6.45) is 5.69. The van der Waals surface area contributed by atoms with Gasteiger partial charge in [0.05, 0.1) is 12.9 Å². The average Bonchev–Trinajstić information content (AvgIpc) is 3.06. The highest BCUT2D eigenvalue weighted by molar-refractivity contribution is 7.99. The number of carbonyl (C=O) groups excluding carboxylic acids is 1. The summed E-state index contributed by atoms with van der Waals surface area (Å²) < 4.78 is 7.33. The van der Waals surface area contributed by atoms with Gasteiger partial charge in [0, 0.05) is 31.2 Å². The summed E-state index contributed by atoms with van der Waals surface area (Å²) in [4.78, 5) is 18.9. The number of aryl methyl sites for hydroxylation is 2. The zero-order valence-corrected chi connectivity index (χ0v) is 14.3. The maximum Gasteiger partial charge on any atom is 0.237 e. The highest BCUT2D eigenvalue weighted by Gasteiger charge is 2.23. The third kappa shape index (κ3) is 3.37. The number of thioether (sulfide) groups is 1. The number of methoxy groups -OCH3 is 1. The van der Waals surface area contributed by atoms with Gasteiger partial charge in [-0.1, -0.05) is 11.8 Å². The first-order valence-corrected chi connectivity index (χ1v) is 8.82. The molecule has 1 aromatic carbocycles. The lowest BCUT2D eigenvalue weighted by molar-refractivity contribution is -0.116. The Labute approximate surface area is 140 Å². The van der Waals surface area contributed by atoms with Crippen molar-refractivity contribution >= 4 is 23.4 Å².